The summed E-state index contributed by atoms with van der Waals surface area (Å²) >= 11 is 3.58. The van der Waals surface area contributed by atoms with Gasteiger partial charge in [-0.1, -0.05) is 6.92 Å². The van der Waals surface area contributed by atoms with Crippen molar-refractivity contribution in [3.8, 4) is 5.75 Å². The molecule has 0 radical (unpaired) electrons. The van der Waals surface area contributed by atoms with E-state index in [1.807, 2.05) is 0 Å². The van der Waals surface area contributed by atoms with Gasteiger partial charge in [0.15, 0.2) is 0 Å². The Kier molecular flexibility index (Phi) is 14.0. The first-order chi connectivity index (χ1) is 31.2. The number of nitrogens with zero attached hydrogens (tertiary/aromatic N) is 5. The lowest BCUT2D eigenvalue weighted by Crippen LogP contribution is -2.44. The van der Waals surface area contributed by atoms with Crippen molar-refractivity contribution in [1.82, 2.24) is 35.7 Å². The van der Waals surface area contributed by atoms with E-state index in [0.717, 1.165) is 63.0 Å². The standard InChI is InChI=1S/C46H54BrF2N10O5P/c1-5-27-22-37(55-46-52-25-33(47)43(57-46)54-36-10-8-30-32(42(36)65(3,4)63)24-53-59(45(30)62)29-6-7-29)39(64-2)23-38(27)58-18-13-28(14-19-58)51-17-16-50-15-12-26-20-34(48)41(35(49)21-26)31-9-11-40(60)56-44(31)61/h8,10,20-25,28-29,31,50-51H,5-7,9,11-19H2,1-4H3,(H,56,60,61)(H2,52,54,55,57). The molecule has 5 N–H and O–H groups in total. The molecule has 3 aromatic carbocycles. The molecule has 2 saturated heterocycles. The van der Waals surface area contributed by atoms with Gasteiger partial charge in [-0.2, -0.15) is 10.1 Å². The summed E-state index contributed by atoms with van der Waals surface area (Å²) in [6, 6.07) is 10.7. The molecule has 4 heterocycles. The third-order valence-corrected chi connectivity index (χ3v) is 14.4. The number of ether oxygens (including phenoxy) is 1. The predicted octanol–water partition coefficient (Wildman–Crippen LogP) is 6.78. The second kappa shape index (κ2) is 19.7. The smallest absolute Gasteiger partial charge is 0.274 e. The van der Waals surface area contributed by atoms with E-state index in [2.05, 4.69) is 76.6 Å². The van der Waals surface area contributed by atoms with E-state index < -0.39 is 36.5 Å². The van der Waals surface area contributed by atoms with Gasteiger partial charge >= 0.3 is 0 Å². The van der Waals surface area contributed by atoms with Gasteiger partial charge in [0.1, 0.15) is 30.3 Å². The van der Waals surface area contributed by atoms with Crippen molar-refractivity contribution in [3.63, 3.8) is 0 Å². The Morgan fingerprint density at radius 3 is 2.35 bits per heavy atom. The Hall–Kier alpha value is -5.29. The summed E-state index contributed by atoms with van der Waals surface area (Å²) in [5.41, 5.74) is 3.56. The fourth-order valence-electron chi connectivity index (χ4n) is 8.83. The molecule has 3 fully saturated rings. The molecule has 2 aromatic heterocycles. The molecular weight excluding hydrogens is 921 g/mol. The highest BCUT2D eigenvalue weighted by molar-refractivity contribution is 9.10. The van der Waals surface area contributed by atoms with Crippen LogP contribution in [0.1, 0.15) is 74.1 Å². The lowest BCUT2D eigenvalue weighted by Gasteiger charge is -2.35. The van der Waals surface area contributed by atoms with Crippen LogP contribution in [0.3, 0.4) is 0 Å². The molecule has 2 amide bonds. The van der Waals surface area contributed by atoms with E-state index in [1.165, 1.54) is 16.8 Å². The van der Waals surface area contributed by atoms with Crippen LogP contribution in [-0.4, -0.2) is 90.8 Å². The van der Waals surface area contributed by atoms with E-state index in [-0.39, 0.29) is 30.0 Å². The summed E-state index contributed by atoms with van der Waals surface area (Å²) < 4.78 is 51.6. The molecular formula is C46H54BrF2N10O5P. The lowest BCUT2D eigenvalue weighted by molar-refractivity contribution is -0.134. The lowest BCUT2D eigenvalue weighted by atomic mass is 9.89. The van der Waals surface area contributed by atoms with E-state index >= 15 is 0 Å². The maximum Gasteiger partial charge on any atom is 0.274 e. The van der Waals surface area contributed by atoms with E-state index in [4.69, 9.17) is 9.72 Å². The Balaban J connectivity index is 0.855. The number of carbonyl (C=O) groups excluding carboxylic acids is 2. The van der Waals surface area contributed by atoms with Crippen LogP contribution < -0.4 is 47.1 Å². The Morgan fingerprint density at radius 2 is 1.68 bits per heavy atom. The maximum atomic E-state index is 14.9. The number of rotatable bonds is 17. The average Bonchev–Trinajstić information content (AvgIpc) is 4.12. The van der Waals surface area contributed by atoms with Gasteiger partial charge in [0.2, 0.25) is 17.8 Å². The second-order valence-corrected chi connectivity index (χ2v) is 21.3. The number of hydrogen-bond acceptors (Lipinski definition) is 13. The van der Waals surface area contributed by atoms with Gasteiger partial charge < -0.3 is 35.5 Å². The molecule has 344 valence electrons. The zero-order valence-electron chi connectivity index (χ0n) is 36.9. The van der Waals surface area contributed by atoms with Crippen molar-refractivity contribution in [2.75, 3.05) is 68.7 Å². The van der Waals surface area contributed by atoms with Gasteiger partial charge in [0, 0.05) is 72.8 Å². The normalized spacial score (nSPS) is 17.1. The first kappa shape index (κ1) is 46.2. The summed E-state index contributed by atoms with van der Waals surface area (Å²) in [5, 5.41) is 21.9. The number of aryl methyl sites for hydroxylation is 1. The quantitative estimate of drug-likeness (QED) is 0.0374. The number of carbonyl (C=O) groups is 2. The van der Waals surface area contributed by atoms with Crippen molar-refractivity contribution in [3.05, 3.63) is 91.9 Å². The Morgan fingerprint density at radius 1 is 0.923 bits per heavy atom. The minimum absolute atomic E-state index is 0.0517. The summed E-state index contributed by atoms with van der Waals surface area (Å²) in [4.78, 5) is 48.7. The van der Waals surface area contributed by atoms with Gasteiger partial charge in [0.25, 0.3) is 5.56 Å². The fraction of sp³-hybridized carbons (Fsp3) is 0.435. The monoisotopic (exact) mass is 974 g/mol. The zero-order valence-corrected chi connectivity index (χ0v) is 39.4. The minimum atomic E-state index is -2.91. The van der Waals surface area contributed by atoms with Gasteiger partial charge in [-0.3, -0.25) is 19.7 Å². The van der Waals surface area contributed by atoms with Crippen LogP contribution >= 0.6 is 23.1 Å². The van der Waals surface area contributed by atoms with Crippen molar-refractivity contribution in [2.45, 2.75) is 76.3 Å². The van der Waals surface area contributed by atoms with Crippen LogP contribution in [0.15, 0.2) is 58.1 Å². The van der Waals surface area contributed by atoms with Crippen LogP contribution in [0, 0.1) is 11.6 Å². The summed E-state index contributed by atoms with van der Waals surface area (Å²) in [6.07, 6.45) is 8.39. The molecule has 3 aliphatic rings. The van der Waals surface area contributed by atoms with Crippen LogP contribution in [0.25, 0.3) is 10.8 Å². The molecule has 1 aliphatic carbocycles. The van der Waals surface area contributed by atoms with Crippen LogP contribution in [-0.2, 0) is 27.0 Å². The van der Waals surface area contributed by atoms with Crippen molar-refractivity contribution in [1.29, 1.82) is 0 Å². The number of amides is 2. The average molecular weight is 976 g/mol. The molecule has 65 heavy (non-hydrogen) atoms. The Labute approximate surface area is 384 Å². The number of nitrogens with one attached hydrogen (secondary N) is 5. The zero-order chi connectivity index (χ0) is 46.0. The van der Waals surface area contributed by atoms with Gasteiger partial charge in [-0.15, -0.1) is 0 Å². The Bertz CT molecular complexity index is 2720. The minimum Gasteiger partial charge on any atom is -0.494 e. The van der Waals surface area contributed by atoms with Crippen molar-refractivity contribution >= 4 is 79.8 Å². The number of piperidine rings is 2. The van der Waals surface area contributed by atoms with Crippen LogP contribution in [0.4, 0.5) is 37.6 Å². The fourth-order valence-corrected chi connectivity index (χ4v) is 10.6. The molecule has 5 aromatic rings. The summed E-state index contributed by atoms with van der Waals surface area (Å²) in [5.74, 6) is -2.23. The molecule has 0 bridgehead atoms. The summed E-state index contributed by atoms with van der Waals surface area (Å²) in [6.45, 7) is 9.17. The van der Waals surface area contributed by atoms with Crippen molar-refractivity contribution < 1.29 is 27.7 Å². The number of fused-ring (bicyclic) bond motifs is 1. The number of benzene rings is 3. The highest BCUT2D eigenvalue weighted by Crippen LogP contribution is 2.43. The van der Waals surface area contributed by atoms with Gasteiger partial charge in [-0.05, 0) is 122 Å². The molecule has 1 saturated carbocycles. The molecule has 0 spiro atoms. The SMILES string of the molecule is CCc1cc(Nc2ncc(Br)c(Nc3ccc4c(=O)n(C5CC5)ncc4c3P(C)(C)=O)n2)c(OC)cc1N1CCC(NCCNCCc2cc(F)c(C3CCC(=O)NC3=O)c(F)c2)CC1. The maximum absolute atomic E-state index is 14.9. The van der Waals surface area contributed by atoms with Gasteiger partial charge in [0.05, 0.1) is 46.5 Å². The number of hydrogen-bond donors (Lipinski definition) is 5. The van der Waals surface area contributed by atoms with Gasteiger partial charge in [-0.25, -0.2) is 18.4 Å². The van der Waals surface area contributed by atoms with E-state index in [1.54, 1.807) is 45.0 Å². The number of aromatic nitrogens is 4. The van der Waals surface area contributed by atoms with E-state index in [9.17, 15) is 27.7 Å². The largest absolute Gasteiger partial charge is 0.494 e. The third kappa shape index (κ3) is 10.4. The number of anilines is 5. The number of halogens is 3. The molecule has 2 aliphatic heterocycles. The number of imide groups is 1. The van der Waals surface area contributed by atoms with Crippen molar-refractivity contribution in [2.24, 2.45) is 0 Å². The van der Waals surface area contributed by atoms with E-state index in [0.29, 0.717) is 80.6 Å². The first-order valence-electron chi connectivity index (χ1n) is 22.1. The molecule has 1 atom stereocenters. The first-order valence-corrected chi connectivity index (χ1v) is 25.5. The molecule has 15 nitrogen and oxygen atoms in total. The second-order valence-electron chi connectivity index (χ2n) is 17.3. The molecule has 19 heteroatoms. The highest BCUT2D eigenvalue weighted by Gasteiger charge is 2.33. The number of methoxy groups -OCH3 is 1. The molecule has 1 unspecified atom stereocenters. The highest BCUT2D eigenvalue weighted by atomic mass is 79.9. The third-order valence-electron chi connectivity index (χ3n) is 12.3. The summed E-state index contributed by atoms with van der Waals surface area (Å²) in [7, 11) is -1.28. The van der Waals surface area contributed by atoms with Crippen LogP contribution in [0.2, 0.25) is 0 Å². The topological polar surface area (TPSA) is 184 Å². The predicted molar refractivity (Wildman–Crippen MR) is 253 cm³/mol. The molecule has 8 rings (SSSR count). The van der Waals surface area contributed by atoms with Crippen LogP contribution in [0.5, 0.6) is 5.75 Å².